The van der Waals surface area contributed by atoms with Crippen LogP contribution in [0.25, 0.3) is 0 Å². The Balaban J connectivity index is 4.53. The summed E-state index contributed by atoms with van der Waals surface area (Å²) in [5.41, 5.74) is 0. The largest absolute Gasteiger partial charge is 0.756 e. The number of ether oxygens (including phenoxy) is 2. The molecule has 0 saturated carbocycles. The first-order chi connectivity index (χ1) is 22.5. The van der Waals surface area contributed by atoms with Crippen molar-refractivity contribution in [2.75, 3.05) is 47.5 Å². The maximum atomic E-state index is 12.6. The molecule has 0 saturated heterocycles. The summed E-state index contributed by atoms with van der Waals surface area (Å²) in [6, 6.07) is 0. The molecule has 0 aliphatic heterocycles. The second-order valence-corrected chi connectivity index (χ2v) is 14.6. The molecule has 47 heavy (non-hydrogen) atoms. The Kier molecular flexibility index (Phi) is 29.2. The van der Waals surface area contributed by atoms with Gasteiger partial charge in [-0.1, -0.05) is 115 Å². The Morgan fingerprint density at radius 1 is 0.681 bits per heavy atom. The van der Waals surface area contributed by atoms with Gasteiger partial charge in [0.1, 0.15) is 19.8 Å². The van der Waals surface area contributed by atoms with Crippen molar-refractivity contribution in [3.63, 3.8) is 0 Å². The van der Waals surface area contributed by atoms with Gasteiger partial charge >= 0.3 is 11.9 Å². The molecule has 0 aromatic carbocycles. The minimum Gasteiger partial charge on any atom is -0.756 e. The van der Waals surface area contributed by atoms with Gasteiger partial charge in [-0.2, -0.15) is 0 Å². The second kappa shape index (κ2) is 30.3. The van der Waals surface area contributed by atoms with Gasteiger partial charge in [0.2, 0.25) is 0 Å². The number of phosphoric ester groups is 1. The summed E-state index contributed by atoms with van der Waals surface area (Å²) in [5.74, 6) is -0.874. The van der Waals surface area contributed by atoms with Gasteiger partial charge in [0, 0.05) is 12.8 Å². The fourth-order valence-electron chi connectivity index (χ4n) is 4.55. The summed E-state index contributed by atoms with van der Waals surface area (Å²) in [4.78, 5) is 37.2. The fraction of sp³-hybridized carbons (Fsp3) is 0.784. The lowest BCUT2D eigenvalue weighted by atomic mass is 10.1. The summed E-state index contributed by atoms with van der Waals surface area (Å²) in [6.07, 6.45) is 30.4. The van der Waals surface area contributed by atoms with Gasteiger partial charge in [-0.05, 0) is 44.9 Å². The number of allylic oxidation sites excluding steroid dienone is 6. The van der Waals surface area contributed by atoms with Crippen LogP contribution in [0.15, 0.2) is 36.5 Å². The maximum Gasteiger partial charge on any atom is 0.306 e. The molecule has 0 N–H and O–H groups in total. The van der Waals surface area contributed by atoms with E-state index >= 15 is 0 Å². The molecule has 0 amide bonds. The summed E-state index contributed by atoms with van der Waals surface area (Å²) < 4.78 is 33.6. The predicted octanol–water partition coefficient (Wildman–Crippen LogP) is 8.77. The van der Waals surface area contributed by atoms with E-state index in [-0.39, 0.29) is 26.1 Å². The number of phosphoric acid groups is 1. The van der Waals surface area contributed by atoms with Crippen molar-refractivity contribution in [1.82, 2.24) is 0 Å². The zero-order valence-corrected chi connectivity index (χ0v) is 31.4. The lowest BCUT2D eigenvalue weighted by molar-refractivity contribution is -0.870. The molecule has 0 aliphatic carbocycles. The minimum absolute atomic E-state index is 0.0366. The third-order valence-corrected chi connectivity index (χ3v) is 8.39. The number of nitrogens with zero attached hydrogens (tertiary/aromatic N) is 1. The highest BCUT2D eigenvalue weighted by Crippen LogP contribution is 2.38. The third-order valence-electron chi connectivity index (χ3n) is 7.42. The van der Waals surface area contributed by atoms with Crippen LogP contribution in [0.4, 0.5) is 0 Å². The molecule has 0 aliphatic rings. The first-order valence-corrected chi connectivity index (χ1v) is 19.7. The predicted molar refractivity (Wildman–Crippen MR) is 190 cm³/mol. The van der Waals surface area contributed by atoms with Crippen LogP contribution in [0.1, 0.15) is 136 Å². The molecule has 9 nitrogen and oxygen atoms in total. The molecule has 0 heterocycles. The van der Waals surface area contributed by atoms with Crippen molar-refractivity contribution in [3.8, 4) is 0 Å². The van der Waals surface area contributed by atoms with Gasteiger partial charge in [-0.25, -0.2) is 0 Å². The average molecular weight is 686 g/mol. The Hall–Kier alpha value is -1.77. The van der Waals surface area contributed by atoms with Gasteiger partial charge in [-0.15, -0.1) is 0 Å². The van der Waals surface area contributed by atoms with Crippen LogP contribution in [-0.2, 0) is 32.7 Å². The normalized spacial score (nSPS) is 14.3. The molecular formula is C37H68NO8P. The first kappa shape index (κ1) is 45.2. The van der Waals surface area contributed by atoms with Crippen LogP contribution in [0.5, 0.6) is 0 Å². The van der Waals surface area contributed by atoms with E-state index in [1.165, 1.54) is 44.9 Å². The topological polar surface area (TPSA) is 111 Å². The van der Waals surface area contributed by atoms with E-state index in [1.807, 2.05) is 21.1 Å². The van der Waals surface area contributed by atoms with Crippen LogP contribution in [0.2, 0.25) is 0 Å². The quantitative estimate of drug-likeness (QED) is 0.0227. The van der Waals surface area contributed by atoms with E-state index in [2.05, 4.69) is 50.3 Å². The smallest absolute Gasteiger partial charge is 0.306 e. The van der Waals surface area contributed by atoms with Crippen molar-refractivity contribution in [2.45, 2.75) is 142 Å². The maximum absolute atomic E-state index is 12.6. The van der Waals surface area contributed by atoms with Gasteiger partial charge in [0.25, 0.3) is 7.82 Å². The van der Waals surface area contributed by atoms with Crippen molar-refractivity contribution in [2.24, 2.45) is 0 Å². The van der Waals surface area contributed by atoms with Crippen molar-refractivity contribution >= 4 is 19.8 Å². The van der Waals surface area contributed by atoms with Gasteiger partial charge in [-0.3, -0.25) is 14.2 Å². The fourth-order valence-corrected chi connectivity index (χ4v) is 5.28. The van der Waals surface area contributed by atoms with Gasteiger partial charge in [0.05, 0.1) is 27.7 Å². The third kappa shape index (κ3) is 33.9. The second-order valence-electron chi connectivity index (χ2n) is 13.2. The molecule has 0 rings (SSSR count). The zero-order valence-electron chi connectivity index (χ0n) is 30.5. The molecule has 0 bridgehead atoms. The monoisotopic (exact) mass is 685 g/mol. The molecular weight excluding hydrogens is 617 g/mol. The molecule has 0 aromatic heterocycles. The van der Waals surface area contributed by atoms with Crippen molar-refractivity contribution < 1.29 is 42.1 Å². The number of hydrogen-bond donors (Lipinski definition) is 0. The highest BCUT2D eigenvalue weighted by Gasteiger charge is 2.21. The number of likely N-dealkylation sites (N-methyl/N-ethyl adjacent to an activating group) is 1. The first-order valence-electron chi connectivity index (χ1n) is 18.2. The van der Waals surface area contributed by atoms with Crippen LogP contribution in [0.3, 0.4) is 0 Å². The molecule has 274 valence electrons. The number of carbonyl (C=O) groups is 2. The Labute approximate surface area is 287 Å². The van der Waals surface area contributed by atoms with E-state index in [0.717, 1.165) is 57.8 Å². The zero-order chi connectivity index (χ0) is 35.1. The molecule has 2 unspecified atom stereocenters. The summed E-state index contributed by atoms with van der Waals surface area (Å²) in [5, 5.41) is 0. The molecule has 0 spiro atoms. The SMILES string of the molecule is CC/C=C\C/C=C\C/C=C\CCCCCC(=O)OC(COC(=O)CCCCCCCCCCCC)COP(=O)([O-])OCC[N+](C)(C)C. The molecule has 2 atom stereocenters. The number of carbonyl (C=O) groups excluding carboxylic acids is 2. The van der Waals surface area contributed by atoms with Crippen LogP contribution < -0.4 is 4.89 Å². The number of quaternary nitrogens is 1. The number of rotatable bonds is 32. The molecule has 0 radical (unpaired) electrons. The highest BCUT2D eigenvalue weighted by molar-refractivity contribution is 7.45. The summed E-state index contributed by atoms with van der Waals surface area (Å²) in [7, 11) is 1.14. The number of hydrogen-bond acceptors (Lipinski definition) is 8. The minimum atomic E-state index is -4.62. The van der Waals surface area contributed by atoms with Crippen LogP contribution >= 0.6 is 7.82 Å². The number of unbranched alkanes of at least 4 members (excludes halogenated alkanes) is 12. The van der Waals surface area contributed by atoms with E-state index in [1.54, 1.807) is 0 Å². The standard InChI is InChI=1S/C37H68NO8P/c1-6-8-10-12-14-16-18-19-20-22-24-26-28-30-37(40)46-35(34-45-47(41,42)44-32-31-38(3,4)5)33-43-36(39)29-27-25-23-21-17-15-13-11-9-7-2/h8,10,14,16,19-20,35H,6-7,9,11-13,15,17-18,21-34H2,1-5H3/b10-8-,16-14-,20-19-. The van der Waals surface area contributed by atoms with E-state index in [0.29, 0.717) is 17.4 Å². The summed E-state index contributed by atoms with van der Waals surface area (Å²) in [6.45, 7) is 4.03. The molecule has 0 fully saturated rings. The molecule has 10 heteroatoms. The lowest BCUT2D eigenvalue weighted by Gasteiger charge is -2.28. The van der Waals surface area contributed by atoms with Gasteiger partial charge < -0.3 is 27.9 Å². The lowest BCUT2D eigenvalue weighted by Crippen LogP contribution is -2.37. The molecule has 0 aromatic rings. The average Bonchev–Trinajstić information content (AvgIpc) is 3.01. The van der Waals surface area contributed by atoms with E-state index < -0.39 is 32.5 Å². The van der Waals surface area contributed by atoms with Gasteiger partial charge in [0.15, 0.2) is 6.10 Å². The van der Waals surface area contributed by atoms with Crippen LogP contribution in [-0.4, -0.2) is 70.0 Å². The van der Waals surface area contributed by atoms with E-state index in [4.69, 9.17) is 18.5 Å². The van der Waals surface area contributed by atoms with Crippen molar-refractivity contribution in [3.05, 3.63) is 36.5 Å². The van der Waals surface area contributed by atoms with Crippen molar-refractivity contribution in [1.29, 1.82) is 0 Å². The Morgan fingerprint density at radius 3 is 1.81 bits per heavy atom. The van der Waals surface area contributed by atoms with E-state index in [9.17, 15) is 19.0 Å². The summed E-state index contributed by atoms with van der Waals surface area (Å²) >= 11 is 0. The highest BCUT2D eigenvalue weighted by atomic mass is 31.2. The Morgan fingerprint density at radius 2 is 1.21 bits per heavy atom. The number of esters is 2. The van der Waals surface area contributed by atoms with Crippen LogP contribution in [0, 0.1) is 0 Å². The Bertz CT molecular complexity index is 913.